The van der Waals surface area contributed by atoms with Crippen LogP contribution >= 0.6 is 0 Å². The number of esters is 4. The molecular formula is C45H58O8. The van der Waals surface area contributed by atoms with Crippen molar-refractivity contribution in [1.29, 1.82) is 0 Å². The highest BCUT2D eigenvalue weighted by Crippen LogP contribution is 2.51. The summed E-state index contributed by atoms with van der Waals surface area (Å²) in [6.07, 6.45) is 4.76. The zero-order chi connectivity index (χ0) is 38.8. The van der Waals surface area contributed by atoms with E-state index in [9.17, 15) is 19.2 Å². The van der Waals surface area contributed by atoms with E-state index in [4.69, 9.17) is 18.9 Å². The second kappa shape index (κ2) is 16.4. The summed E-state index contributed by atoms with van der Waals surface area (Å²) < 4.78 is 22.8. The van der Waals surface area contributed by atoms with Gasteiger partial charge in [-0.25, -0.2) is 9.59 Å². The predicted molar refractivity (Wildman–Crippen MR) is 205 cm³/mol. The zero-order valence-electron chi connectivity index (χ0n) is 32.9. The normalized spacial score (nSPS) is 27.1. The van der Waals surface area contributed by atoms with Crippen LogP contribution in [0.15, 0.2) is 60.7 Å². The van der Waals surface area contributed by atoms with Gasteiger partial charge in [-0.1, -0.05) is 66.8 Å². The zero-order valence-corrected chi connectivity index (χ0v) is 32.9. The molecule has 2 saturated carbocycles. The van der Waals surface area contributed by atoms with Crippen molar-refractivity contribution < 1.29 is 38.1 Å². The molecule has 3 aliphatic carbocycles. The van der Waals surface area contributed by atoms with Crippen LogP contribution in [-0.2, 0) is 34.1 Å². The Balaban J connectivity index is 1.19. The molecule has 0 N–H and O–H groups in total. The van der Waals surface area contributed by atoms with Crippen molar-refractivity contribution >= 4 is 23.9 Å². The third-order valence-corrected chi connectivity index (χ3v) is 12.9. The molecule has 286 valence electrons. The summed E-state index contributed by atoms with van der Waals surface area (Å²) in [6.45, 7) is 24.2. The third-order valence-electron chi connectivity index (χ3n) is 12.9. The van der Waals surface area contributed by atoms with E-state index in [2.05, 4.69) is 54.7 Å². The Morgan fingerprint density at radius 3 is 1.36 bits per heavy atom. The summed E-state index contributed by atoms with van der Waals surface area (Å²) in [4.78, 5) is 50.7. The Kier molecular flexibility index (Phi) is 12.4. The molecule has 2 aromatic carbocycles. The van der Waals surface area contributed by atoms with E-state index in [1.165, 1.54) is 0 Å². The van der Waals surface area contributed by atoms with Gasteiger partial charge in [0.2, 0.25) is 0 Å². The van der Waals surface area contributed by atoms with Gasteiger partial charge in [0.25, 0.3) is 0 Å². The SMILES string of the molecule is C=C(C)C(=O)OCCC1CCC(C(=O)Oc2ccc3c(c2)C(C)(C)c2cc(OC(=O)C4CCC(CCOC(=O)C(=C)C)C(C)C4C)ccc2-3)C(C)C1C. The van der Waals surface area contributed by atoms with Crippen LogP contribution in [0, 0.1) is 47.3 Å². The van der Waals surface area contributed by atoms with E-state index in [1.54, 1.807) is 13.8 Å². The summed E-state index contributed by atoms with van der Waals surface area (Å²) in [5.41, 5.74) is 4.66. The molecule has 3 aliphatic rings. The number of rotatable bonds is 12. The van der Waals surface area contributed by atoms with Gasteiger partial charge in [0.15, 0.2) is 0 Å². The maximum absolute atomic E-state index is 13.6. The number of fused-ring (bicyclic) bond motifs is 3. The topological polar surface area (TPSA) is 105 Å². The summed E-state index contributed by atoms with van der Waals surface area (Å²) in [7, 11) is 0. The summed E-state index contributed by atoms with van der Waals surface area (Å²) in [6, 6.07) is 11.7. The fraction of sp³-hybridized carbons (Fsp3) is 0.556. The maximum Gasteiger partial charge on any atom is 0.333 e. The number of ether oxygens (including phenoxy) is 4. The van der Waals surface area contributed by atoms with Crippen LogP contribution < -0.4 is 9.47 Å². The van der Waals surface area contributed by atoms with Crippen LogP contribution in [0.2, 0.25) is 0 Å². The van der Waals surface area contributed by atoms with Gasteiger partial charge in [-0.15, -0.1) is 0 Å². The maximum atomic E-state index is 13.6. The molecule has 8 heteroatoms. The third kappa shape index (κ3) is 8.63. The molecule has 0 aromatic heterocycles. The minimum atomic E-state index is -0.406. The highest BCUT2D eigenvalue weighted by Gasteiger charge is 2.41. The average molecular weight is 727 g/mol. The first kappa shape index (κ1) is 40.0. The molecule has 0 amide bonds. The molecule has 0 aliphatic heterocycles. The first-order valence-electron chi connectivity index (χ1n) is 19.4. The van der Waals surface area contributed by atoms with Gasteiger partial charge in [-0.2, -0.15) is 0 Å². The van der Waals surface area contributed by atoms with Gasteiger partial charge in [0.05, 0.1) is 25.0 Å². The summed E-state index contributed by atoms with van der Waals surface area (Å²) in [5.74, 6) is 1.09. The predicted octanol–water partition coefficient (Wildman–Crippen LogP) is 9.42. The molecule has 0 bridgehead atoms. The number of hydrogen-bond donors (Lipinski definition) is 0. The summed E-state index contributed by atoms with van der Waals surface area (Å²) >= 11 is 0. The molecule has 0 radical (unpaired) electrons. The van der Waals surface area contributed by atoms with E-state index >= 15 is 0 Å². The lowest BCUT2D eigenvalue weighted by atomic mass is 9.67. The van der Waals surface area contributed by atoms with Crippen molar-refractivity contribution in [3.05, 3.63) is 71.8 Å². The minimum absolute atomic E-state index is 0.133. The van der Waals surface area contributed by atoms with Crippen LogP contribution in [0.25, 0.3) is 11.1 Å². The second-order valence-electron chi connectivity index (χ2n) is 16.6. The Labute approximate surface area is 315 Å². The van der Waals surface area contributed by atoms with Crippen LogP contribution in [-0.4, -0.2) is 37.1 Å². The average Bonchev–Trinajstić information content (AvgIpc) is 3.33. The van der Waals surface area contributed by atoms with Gasteiger partial charge >= 0.3 is 23.9 Å². The standard InChI is InChI=1S/C45H58O8/c1-25(2)41(46)50-21-19-31-11-15-35(29(7)27(31)5)43(48)52-33-13-17-37-38-18-14-34(24-40(38)45(9,10)39(37)23-33)53-44(49)36-16-12-32(28(6)30(36)8)20-22-51-42(47)26(3)4/h13-14,17-18,23-24,27-32,35-36H,1,3,11-12,15-16,19-22H2,2,4-10H3. The molecule has 53 heavy (non-hydrogen) atoms. The molecule has 5 rings (SSSR count). The number of carbonyl (C=O) groups excluding carboxylic acids is 4. The molecule has 0 spiro atoms. The smallest absolute Gasteiger partial charge is 0.333 e. The van der Waals surface area contributed by atoms with Gasteiger partial charge in [-0.05, 0) is 134 Å². The molecule has 2 fully saturated rings. The highest BCUT2D eigenvalue weighted by molar-refractivity contribution is 5.87. The summed E-state index contributed by atoms with van der Waals surface area (Å²) in [5, 5.41) is 0. The van der Waals surface area contributed by atoms with Gasteiger partial charge < -0.3 is 18.9 Å². The van der Waals surface area contributed by atoms with Crippen molar-refractivity contribution in [1.82, 2.24) is 0 Å². The Hall–Kier alpha value is -4.20. The largest absolute Gasteiger partial charge is 0.462 e. The van der Waals surface area contributed by atoms with Crippen molar-refractivity contribution in [2.75, 3.05) is 13.2 Å². The number of benzene rings is 2. The van der Waals surface area contributed by atoms with Crippen LogP contribution in [0.1, 0.15) is 105 Å². The lowest BCUT2D eigenvalue weighted by molar-refractivity contribution is -0.145. The monoisotopic (exact) mass is 726 g/mol. The molecule has 2 aromatic rings. The Bertz CT molecular complexity index is 1630. The van der Waals surface area contributed by atoms with Crippen molar-refractivity contribution in [3.63, 3.8) is 0 Å². The van der Waals surface area contributed by atoms with Gasteiger partial charge in [-0.3, -0.25) is 9.59 Å². The van der Waals surface area contributed by atoms with E-state index in [1.807, 2.05) is 36.4 Å². The fourth-order valence-corrected chi connectivity index (χ4v) is 8.97. The lowest BCUT2D eigenvalue weighted by Crippen LogP contribution is -2.38. The van der Waals surface area contributed by atoms with E-state index in [0.717, 1.165) is 60.8 Å². The first-order valence-corrected chi connectivity index (χ1v) is 19.4. The van der Waals surface area contributed by atoms with Crippen molar-refractivity contribution in [2.24, 2.45) is 47.3 Å². The van der Waals surface area contributed by atoms with Crippen molar-refractivity contribution in [3.8, 4) is 22.6 Å². The van der Waals surface area contributed by atoms with Crippen molar-refractivity contribution in [2.45, 2.75) is 99.3 Å². The molecular weight excluding hydrogens is 668 g/mol. The molecule has 8 atom stereocenters. The van der Waals surface area contributed by atoms with Crippen LogP contribution in [0.4, 0.5) is 0 Å². The Morgan fingerprint density at radius 2 is 1.00 bits per heavy atom. The molecule has 0 saturated heterocycles. The molecule has 0 heterocycles. The highest BCUT2D eigenvalue weighted by atomic mass is 16.5. The van der Waals surface area contributed by atoms with Crippen LogP contribution in [0.3, 0.4) is 0 Å². The quantitative estimate of drug-likeness (QED) is 0.121. The fourth-order valence-electron chi connectivity index (χ4n) is 8.97. The van der Waals surface area contributed by atoms with Crippen LogP contribution in [0.5, 0.6) is 11.5 Å². The van der Waals surface area contributed by atoms with E-state index in [-0.39, 0.29) is 59.4 Å². The second-order valence-corrected chi connectivity index (χ2v) is 16.6. The number of hydrogen-bond acceptors (Lipinski definition) is 8. The number of carbonyl (C=O) groups is 4. The minimum Gasteiger partial charge on any atom is -0.462 e. The first-order chi connectivity index (χ1) is 25.0. The Morgan fingerprint density at radius 1 is 0.623 bits per heavy atom. The van der Waals surface area contributed by atoms with Gasteiger partial charge in [0, 0.05) is 16.6 Å². The van der Waals surface area contributed by atoms with E-state index < -0.39 is 5.41 Å². The van der Waals surface area contributed by atoms with Gasteiger partial charge in [0.1, 0.15) is 11.5 Å². The van der Waals surface area contributed by atoms with E-state index in [0.29, 0.717) is 47.7 Å². The molecule has 8 unspecified atom stereocenters. The lowest BCUT2D eigenvalue weighted by Gasteiger charge is -2.38. The molecule has 8 nitrogen and oxygen atoms in total.